The molecule has 3 heterocycles. The van der Waals surface area contributed by atoms with Crippen LogP contribution in [0.3, 0.4) is 0 Å². The Morgan fingerprint density at radius 3 is 2.84 bits per heavy atom. The van der Waals surface area contributed by atoms with Crippen molar-refractivity contribution in [3.8, 4) is 5.75 Å². The van der Waals surface area contributed by atoms with E-state index in [0.717, 1.165) is 16.5 Å². The fourth-order valence-corrected chi connectivity index (χ4v) is 3.79. The van der Waals surface area contributed by atoms with E-state index in [9.17, 15) is 14.7 Å². The zero-order valence-electron chi connectivity index (χ0n) is 17.2. The van der Waals surface area contributed by atoms with Gasteiger partial charge in [-0.2, -0.15) is 0 Å². The van der Waals surface area contributed by atoms with Gasteiger partial charge in [0, 0.05) is 44.3 Å². The molecule has 0 spiro atoms. The zero-order chi connectivity index (χ0) is 21.8. The maximum atomic E-state index is 13.1. The van der Waals surface area contributed by atoms with Crippen LogP contribution >= 0.6 is 0 Å². The van der Waals surface area contributed by atoms with Gasteiger partial charge in [-0.25, -0.2) is 0 Å². The van der Waals surface area contributed by atoms with Crippen molar-refractivity contribution in [3.63, 3.8) is 0 Å². The van der Waals surface area contributed by atoms with Gasteiger partial charge in [-0.1, -0.05) is 12.1 Å². The fourth-order valence-electron chi connectivity index (χ4n) is 3.79. The van der Waals surface area contributed by atoms with Crippen LogP contribution in [-0.2, 0) is 20.9 Å². The summed E-state index contributed by atoms with van der Waals surface area (Å²) < 4.78 is 16.3. The first-order valence-electron chi connectivity index (χ1n) is 10.1. The maximum Gasteiger partial charge on any atom is 0.227 e. The lowest BCUT2D eigenvalue weighted by Gasteiger charge is -2.28. The predicted molar refractivity (Wildman–Crippen MR) is 113 cm³/mol. The van der Waals surface area contributed by atoms with Gasteiger partial charge in [0.15, 0.2) is 5.76 Å². The molecule has 162 valence electrons. The van der Waals surface area contributed by atoms with E-state index >= 15 is 0 Å². The summed E-state index contributed by atoms with van der Waals surface area (Å²) in [6, 6.07) is 10.6. The zero-order valence-corrected chi connectivity index (χ0v) is 17.2. The highest BCUT2D eigenvalue weighted by molar-refractivity contribution is 5.81. The number of ether oxygens (including phenoxy) is 2. The normalized spacial score (nSPS) is 15.2. The van der Waals surface area contributed by atoms with Crippen LogP contribution in [0.15, 0.2) is 51.8 Å². The largest absolute Gasteiger partial charge is 0.502 e. The molecule has 2 aromatic heterocycles. The van der Waals surface area contributed by atoms with E-state index in [1.165, 1.54) is 13.2 Å². The first-order valence-corrected chi connectivity index (χ1v) is 10.1. The molecule has 3 aromatic rings. The third-order valence-corrected chi connectivity index (χ3v) is 5.37. The number of aromatic hydroxyl groups is 1. The Hall–Kier alpha value is -3.23. The van der Waals surface area contributed by atoms with Crippen molar-refractivity contribution in [1.82, 2.24) is 9.88 Å². The highest BCUT2D eigenvalue weighted by Crippen LogP contribution is 2.35. The number of nitrogens with zero attached hydrogens (tertiary/aromatic N) is 2. The van der Waals surface area contributed by atoms with Crippen molar-refractivity contribution in [2.24, 2.45) is 0 Å². The van der Waals surface area contributed by atoms with E-state index in [-0.39, 0.29) is 30.5 Å². The summed E-state index contributed by atoms with van der Waals surface area (Å²) in [6.45, 7) is 2.07. The molecule has 31 heavy (non-hydrogen) atoms. The minimum Gasteiger partial charge on any atom is -0.502 e. The number of carbonyl (C=O) groups is 1. The highest BCUT2D eigenvalue weighted by atomic mass is 16.5. The minimum atomic E-state index is -0.649. The lowest BCUT2D eigenvalue weighted by molar-refractivity contribution is -0.135. The van der Waals surface area contributed by atoms with Gasteiger partial charge >= 0.3 is 0 Å². The van der Waals surface area contributed by atoms with Crippen molar-refractivity contribution in [2.45, 2.75) is 18.9 Å². The van der Waals surface area contributed by atoms with Gasteiger partial charge in [-0.3, -0.25) is 14.6 Å². The maximum absolute atomic E-state index is 13.1. The Balaban J connectivity index is 1.78. The fraction of sp³-hybridized carbons (Fsp3) is 0.348. The second-order valence-corrected chi connectivity index (χ2v) is 7.43. The van der Waals surface area contributed by atoms with Crippen molar-refractivity contribution >= 4 is 16.8 Å². The van der Waals surface area contributed by atoms with E-state index in [1.807, 2.05) is 30.3 Å². The summed E-state index contributed by atoms with van der Waals surface area (Å²) in [5.41, 5.74) is 0.984. The number of fused-ring (bicyclic) bond motifs is 1. The molecule has 8 heteroatoms. The molecule has 4 rings (SSSR count). The van der Waals surface area contributed by atoms with Gasteiger partial charge in [0.2, 0.25) is 17.1 Å². The van der Waals surface area contributed by atoms with Crippen molar-refractivity contribution in [3.05, 3.63) is 69.9 Å². The van der Waals surface area contributed by atoms with Crippen LogP contribution < -0.4 is 5.43 Å². The smallest absolute Gasteiger partial charge is 0.227 e. The molecule has 0 saturated carbocycles. The quantitative estimate of drug-likeness (QED) is 0.648. The minimum absolute atomic E-state index is 0.0404. The van der Waals surface area contributed by atoms with Crippen LogP contribution in [0.4, 0.5) is 0 Å². The van der Waals surface area contributed by atoms with Gasteiger partial charge in [0.1, 0.15) is 12.4 Å². The van der Waals surface area contributed by atoms with Gasteiger partial charge < -0.3 is 23.9 Å². The predicted octanol–water partition coefficient (Wildman–Crippen LogP) is 2.42. The number of morpholine rings is 1. The van der Waals surface area contributed by atoms with Crippen LogP contribution in [0, 0.1) is 0 Å². The molecule has 1 N–H and O–H groups in total. The van der Waals surface area contributed by atoms with Crippen LogP contribution in [0.5, 0.6) is 5.75 Å². The molecule has 1 aliphatic rings. The molecule has 0 radical (unpaired) electrons. The summed E-state index contributed by atoms with van der Waals surface area (Å²) in [5, 5.41) is 11.4. The lowest BCUT2D eigenvalue weighted by atomic mass is 9.90. The average molecular weight is 424 g/mol. The molecule has 0 bridgehead atoms. The third-order valence-electron chi connectivity index (χ3n) is 5.37. The summed E-state index contributed by atoms with van der Waals surface area (Å²) in [5.74, 6) is -0.898. The SMILES string of the molecule is COCc1cc(=O)c(O)c(C(CC(=O)N2CCOCC2)c2ccc3ncccc3c2)o1. The molecular formula is C23H24N2O6. The van der Waals surface area contributed by atoms with Crippen LogP contribution in [0.1, 0.15) is 29.4 Å². The van der Waals surface area contributed by atoms with Gasteiger partial charge in [-0.15, -0.1) is 0 Å². The standard InChI is InChI=1S/C23H24N2O6/c1-29-14-17-12-20(26)22(28)23(31-17)18(13-21(27)25-7-9-30-10-8-25)15-4-5-19-16(11-15)3-2-6-24-19/h2-6,11-12,18,28H,7-10,13-14H2,1H3. The molecule has 1 aromatic carbocycles. The Bertz CT molecular complexity index is 1140. The Labute approximate surface area is 179 Å². The summed E-state index contributed by atoms with van der Waals surface area (Å²) in [6.07, 6.45) is 1.75. The first kappa shape index (κ1) is 21.0. The topological polar surface area (TPSA) is 102 Å². The highest BCUT2D eigenvalue weighted by Gasteiger charge is 2.29. The monoisotopic (exact) mass is 424 g/mol. The van der Waals surface area contributed by atoms with Crippen molar-refractivity contribution in [2.75, 3.05) is 33.4 Å². The van der Waals surface area contributed by atoms with Gasteiger partial charge in [-0.05, 0) is 23.8 Å². The molecule has 1 amide bonds. The number of carbonyl (C=O) groups excluding carboxylic acids is 1. The van der Waals surface area contributed by atoms with Crippen LogP contribution in [0.25, 0.3) is 10.9 Å². The van der Waals surface area contributed by atoms with E-state index in [1.54, 1.807) is 11.1 Å². The molecule has 8 nitrogen and oxygen atoms in total. The van der Waals surface area contributed by atoms with E-state index in [4.69, 9.17) is 13.9 Å². The van der Waals surface area contributed by atoms with E-state index < -0.39 is 17.1 Å². The number of hydrogen-bond acceptors (Lipinski definition) is 7. The van der Waals surface area contributed by atoms with Gasteiger partial charge in [0.05, 0.1) is 24.6 Å². The number of hydrogen-bond donors (Lipinski definition) is 1. The number of amides is 1. The van der Waals surface area contributed by atoms with Crippen molar-refractivity contribution in [1.29, 1.82) is 0 Å². The number of aromatic nitrogens is 1. The second kappa shape index (κ2) is 9.28. The molecule has 0 aliphatic carbocycles. The lowest BCUT2D eigenvalue weighted by Crippen LogP contribution is -2.41. The molecule has 1 fully saturated rings. The summed E-state index contributed by atoms with van der Waals surface area (Å²) in [4.78, 5) is 31.5. The Morgan fingerprint density at radius 2 is 2.06 bits per heavy atom. The van der Waals surface area contributed by atoms with Crippen molar-refractivity contribution < 1.29 is 23.8 Å². The van der Waals surface area contributed by atoms with Crippen LogP contribution in [0.2, 0.25) is 0 Å². The second-order valence-electron chi connectivity index (χ2n) is 7.43. The molecular weight excluding hydrogens is 400 g/mol. The molecule has 1 saturated heterocycles. The third kappa shape index (κ3) is 4.60. The van der Waals surface area contributed by atoms with Gasteiger partial charge in [0.25, 0.3) is 0 Å². The average Bonchev–Trinajstić information content (AvgIpc) is 2.80. The van der Waals surface area contributed by atoms with E-state index in [2.05, 4.69) is 4.98 Å². The molecule has 1 aliphatic heterocycles. The summed E-state index contributed by atoms with van der Waals surface area (Å²) in [7, 11) is 1.49. The Kier molecular flexibility index (Phi) is 6.29. The number of pyridine rings is 1. The Morgan fingerprint density at radius 1 is 1.26 bits per heavy atom. The number of rotatable bonds is 6. The van der Waals surface area contributed by atoms with E-state index in [0.29, 0.717) is 26.3 Å². The summed E-state index contributed by atoms with van der Waals surface area (Å²) >= 11 is 0. The number of benzene rings is 1. The van der Waals surface area contributed by atoms with Crippen LogP contribution in [-0.4, -0.2) is 54.3 Å². The molecule has 1 atom stereocenters. The number of methoxy groups -OCH3 is 1. The first-order chi connectivity index (χ1) is 15.1. The molecule has 1 unspecified atom stereocenters.